The number of hydrogen-bond acceptors (Lipinski definition) is 7. The lowest BCUT2D eigenvalue weighted by atomic mass is 10.1. The molecule has 0 N–H and O–H groups in total. The maximum atomic E-state index is 5.72. The van der Waals surface area contributed by atoms with Gasteiger partial charge in [-0.3, -0.25) is 4.90 Å². The molecule has 2 aromatic carbocycles. The largest absolute Gasteiger partial charge is 0.444 e. The summed E-state index contributed by atoms with van der Waals surface area (Å²) in [5, 5.41) is 2.05. The Balaban J connectivity index is 1.35. The Labute approximate surface area is 185 Å². The van der Waals surface area contributed by atoms with Gasteiger partial charge in [-0.1, -0.05) is 47.7 Å². The second-order valence-electron chi connectivity index (χ2n) is 7.65. The summed E-state index contributed by atoms with van der Waals surface area (Å²) >= 11 is 1.67. The number of ether oxygens (including phenoxy) is 1. The molecular formula is C24H24N4O2S. The summed E-state index contributed by atoms with van der Waals surface area (Å²) < 4.78 is 11.2. The lowest BCUT2D eigenvalue weighted by Gasteiger charge is -2.25. The third kappa shape index (κ3) is 4.79. The smallest absolute Gasteiger partial charge is 0.226 e. The van der Waals surface area contributed by atoms with Gasteiger partial charge in [-0.15, -0.1) is 0 Å². The van der Waals surface area contributed by atoms with E-state index in [-0.39, 0.29) is 0 Å². The second kappa shape index (κ2) is 9.18. The summed E-state index contributed by atoms with van der Waals surface area (Å²) in [6.45, 7) is 6.18. The van der Waals surface area contributed by atoms with E-state index in [1.54, 1.807) is 18.0 Å². The molecule has 0 unspecified atom stereocenters. The molecule has 0 atom stereocenters. The van der Waals surface area contributed by atoms with Crippen LogP contribution < -0.4 is 0 Å². The normalized spacial score (nSPS) is 14.9. The first-order chi connectivity index (χ1) is 15.2. The standard InChI is InChI=1S/C24H24N4O2S/c1-17-6-8-18(9-7-17)23-25-19(15-30-23)16-31-24-20-4-2-3-5-21(20)26-22(27-24)14-28-10-12-29-13-11-28/h2-9,15H,10-14,16H2,1H3. The average molecular weight is 433 g/mol. The van der Waals surface area contributed by atoms with Gasteiger partial charge < -0.3 is 9.15 Å². The number of aryl methyl sites for hydroxylation is 1. The van der Waals surface area contributed by atoms with Gasteiger partial charge in [-0.25, -0.2) is 15.0 Å². The van der Waals surface area contributed by atoms with Gasteiger partial charge in [0.1, 0.15) is 17.1 Å². The lowest BCUT2D eigenvalue weighted by molar-refractivity contribution is 0.0330. The molecule has 3 heterocycles. The van der Waals surface area contributed by atoms with Crippen molar-refractivity contribution in [3.8, 4) is 11.5 Å². The minimum absolute atomic E-state index is 0.649. The maximum absolute atomic E-state index is 5.72. The zero-order chi connectivity index (χ0) is 21.0. The van der Waals surface area contributed by atoms with Gasteiger partial charge in [0.15, 0.2) is 0 Å². The Kier molecular flexibility index (Phi) is 5.97. The number of fused-ring (bicyclic) bond motifs is 1. The van der Waals surface area contributed by atoms with Crippen molar-refractivity contribution in [2.24, 2.45) is 0 Å². The van der Waals surface area contributed by atoms with Crippen LogP contribution in [0.15, 0.2) is 64.2 Å². The average Bonchev–Trinajstić information content (AvgIpc) is 3.28. The van der Waals surface area contributed by atoms with E-state index in [2.05, 4.69) is 41.1 Å². The number of oxazole rings is 1. The van der Waals surface area contributed by atoms with Crippen LogP contribution in [0.3, 0.4) is 0 Å². The first-order valence-electron chi connectivity index (χ1n) is 10.4. The van der Waals surface area contributed by atoms with Gasteiger partial charge in [0.05, 0.1) is 31.0 Å². The number of morpholine rings is 1. The Hall–Kier alpha value is -2.74. The highest BCUT2D eigenvalue weighted by Gasteiger charge is 2.15. The third-order valence-electron chi connectivity index (χ3n) is 5.29. The topological polar surface area (TPSA) is 64.3 Å². The number of thioether (sulfide) groups is 1. The van der Waals surface area contributed by atoms with Crippen LogP contribution in [0.4, 0.5) is 0 Å². The summed E-state index contributed by atoms with van der Waals surface area (Å²) in [5.74, 6) is 2.19. The van der Waals surface area contributed by atoms with Gasteiger partial charge in [0.2, 0.25) is 5.89 Å². The molecule has 7 heteroatoms. The minimum Gasteiger partial charge on any atom is -0.444 e. The predicted octanol–water partition coefficient (Wildman–Crippen LogP) is 4.72. The quantitative estimate of drug-likeness (QED) is 0.323. The zero-order valence-corrected chi connectivity index (χ0v) is 18.3. The van der Waals surface area contributed by atoms with Crippen molar-refractivity contribution < 1.29 is 9.15 Å². The number of nitrogens with zero attached hydrogens (tertiary/aromatic N) is 4. The number of hydrogen-bond donors (Lipinski definition) is 0. The van der Waals surface area contributed by atoms with E-state index in [4.69, 9.17) is 19.1 Å². The first kappa shape index (κ1) is 20.2. The van der Waals surface area contributed by atoms with Crippen molar-refractivity contribution in [2.75, 3.05) is 26.3 Å². The molecule has 0 bridgehead atoms. The van der Waals surface area contributed by atoms with E-state index in [0.29, 0.717) is 11.6 Å². The number of benzene rings is 2. The summed E-state index contributed by atoms with van der Waals surface area (Å²) in [6, 6.07) is 16.4. The summed E-state index contributed by atoms with van der Waals surface area (Å²) in [5.41, 5.74) is 4.08. The minimum atomic E-state index is 0.649. The van der Waals surface area contributed by atoms with Crippen molar-refractivity contribution >= 4 is 22.7 Å². The first-order valence-corrected chi connectivity index (χ1v) is 11.4. The predicted molar refractivity (Wildman–Crippen MR) is 122 cm³/mol. The summed E-state index contributed by atoms with van der Waals surface area (Å²) in [7, 11) is 0. The Morgan fingerprint density at radius 3 is 2.61 bits per heavy atom. The molecule has 2 aromatic heterocycles. The van der Waals surface area contributed by atoms with E-state index in [1.165, 1.54) is 5.56 Å². The van der Waals surface area contributed by atoms with Crippen LogP contribution in [0.2, 0.25) is 0 Å². The zero-order valence-electron chi connectivity index (χ0n) is 17.5. The van der Waals surface area contributed by atoms with Crippen molar-refractivity contribution in [3.63, 3.8) is 0 Å². The molecule has 0 amide bonds. The molecule has 6 nitrogen and oxygen atoms in total. The Morgan fingerprint density at radius 1 is 0.968 bits per heavy atom. The van der Waals surface area contributed by atoms with Gasteiger partial charge in [0.25, 0.3) is 0 Å². The fraction of sp³-hybridized carbons (Fsp3) is 0.292. The van der Waals surface area contributed by atoms with Crippen LogP contribution in [-0.2, 0) is 17.0 Å². The molecule has 0 saturated carbocycles. The van der Waals surface area contributed by atoms with Crippen LogP contribution in [0.1, 0.15) is 17.1 Å². The van der Waals surface area contributed by atoms with Crippen LogP contribution >= 0.6 is 11.8 Å². The van der Waals surface area contributed by atoms with Crippen molar-refractivity contribution in [1.29, 1.82) is 0 Å². The maximum Gasteiger partial charge on any atom is 0.226 e. The van der Waals surface area contributed by atoms with Gasteiger partial charge in [0, 0.05) is 29.8 Å². The summed E-state index contributed by atoms with van der Waals surface area (Å²) in [4.78, 5) is 16.7. The SMILES string of the molecule is Cc1ccc(-c2nc(CSc3nc(CN4CCOCC4)nc4ccccc34)co2)cc1. The van der Waals surface area contributed by atoms with Crippen LogP contribution in [0.5, 0.6) is 0 Å². The lowest BCUT2D eigenvalue weighted by Crippen LogP contribution is -2.36. The molecule has 1 aliphatic rings. The van der Waals surface area contributed by atoms with Crippen molar-refractivity contribution in [3.05, 3.63) is 71.9 Å². The van der Waals surface area contributed by atoms with Crippen LogP contribution in [0.25, 0.3) is 22.4 Å². The Morgan fingerprint density at radius 2 is 1.77 bits per heavy atom. The van der Waals surface area contributed by atoms with Gasteiger partial charge in [-0.2, -0.15) is 0 Å². The molecule has 158 valence electrons. The highest BCUT2D eigenvalue weighted by molar-refractivity contribution is 7.98. The van der Waals surface area contributed by atoms with E-state index in [1.807, 2.05) is 24.3 Å². The van der Waals surface area contributed by atoms with E-state index < -0.39 is 0 Å². The number of aromatic nitrogens is 3. The molecule has 31 heavy (non-hydrogen) atoms. The molecule has 1 aliphatic heterocycles. The fourth-order valence-corrected chi connectivity index (χ4v) is 4.49. The second-order valence-corrected chi connectivity index (χ2v) is 8.61. The molecule has 1 fully saturated rings. The molecule has 1 saturated heterocycles. The number of rotatable bonds is 6. The molecule has 0 spiro atoms. The molecule has 0 radical (unpaired) electrons. The summed E-state index contributed by atoms with van der Waals surface area (Å²) in [6.07, 6.45) is 1.74. The van der Waals surface area contributed by atoms with Crippen LogP contribution in [0, 0.1) is 6.92 Å². The van der Waals surface area contributed by atoms with E-state index >= 15 is 0 Å². The molecular weight excluding hydrogens is 408 g/mol. The monoisotopic (exact) mass is 432 g/mol. The highest BCUT2D eigenvalue weighted by Crippen LogP contribution is 2.29. The highest BCUT2D eigenvalue weighted by atomic mass is 32.2. The van der Waals surface area contributed by atoms with E-state index in [9.17, 15) is 0 Å². The molecule has 0 aliphatic carbocycles. The van der Waals surface area contributed by atoms with Crippen molar-refractivity contribution in [2.45, 2.75) is 24.2 Å². The van der Waals surface area contributed by atoms with Crippen LogP contribution in [-0.4, -0.2) is 46.2 Å². The molecule has 5 rings (SSSR count). The Bertz CT molecular complexity index is 1170. The van der Waals surface area contributed by atoms with Gasteiger partial charge >= 0.3 is 0 Å². The fourth-order valence-electron chi connectivity index (χ4n) is 3.58. The van der Waals surface area contributed by atoms with E-state index in [0.717, 1.165) is 65.9 Å². The molecule has 4 aromatic rings. The third-order valence-corrected chi connectivity index (χ3v) is 6.32. The van der Waals surface area contributed by atoms with Crippen molar-refractivity contribution in [1.82, 2.24) is 19.9 Å². The number of para-hydroxylation sites is 1. The van der Waals surface area contributed by atoms with Gasteiger partial charge in [-0.05, 0) is 25.1 Å².